The molecule has 4 atom stereocenters. The van der Waals surface area contributed by atoms with Crippen LogP contribution in [0.1, 0.15) is 46.5 Å². The van der Waals surface area contributed by atoms with Crippen molar-refractivity contribution in [1.82, 2.24) is 5.32 Å². The van der Waals surface area contributed by atoms with Crippen molar-refractivity contribution in [2.45, 2.75) is 58.5 Å². The number of rotatable bonds is 5. The first kappa shape index (κ1) is 12.0. The minimum Gasteiger partial charge on any atom is -0.329 e. The van der Waals surface area contributed by atoms with Crippen LogP contribution in [0.2, 0.25) is 0 Å². The first-order valence-electron chi connectivity index (χ1n) is 6.13. The van der Waals surface area contributed by atoms with Crippen molar-refractivity contribution in [1.29, 1.82) is 0 Å². The van der Waals surface area contributed by atoms with Gasteiger partial charge in [0.05, 0.1) is 0 Å². The number of nitrogens with one attached hydrogen (secondary N) is 1. The van der Waals surface area contributed by atoms with Gasteiger partial charge >= 0.3 is 0 Å². The lowest BCUT2D eigenvalue weighted by molar-refractivity contribution is 0.331. The Morgan fingerprint density at radius 1 is 1.43 bits per heavy atom. The molecule has 0 spiro atoms. The summed E-state index contributed by atoms with van der Waals surface area (Å²) >= 11 is 0. The Balaban J connectivity index is 2.33. The number of hydrogen-bond donors (Lipinski definition) is 2. The Kier molecular flexibility index (Phi) is 4.90. The van der Waals surface area contributed by atoms with Crippen molar-refractivity contribution in [3.63, 3.8) is 0 Å². The average Bonchev–Trinajstić information content (AvgIpc) is 2.59. The fourth-order valence-electron chi connectivity index (χ4n) is 2.41. The van der Waals surface area contributed by atoms with E-state index >= 15 is 0 Å². The summed E-state index contributed by atoms with van der Waals surface area (Å²) in [7, 11) is 0. The second kappa shape index (κ2) is 5.72. The van der Waals surface area contributed by atoms with Gasteiger partial charge in [-0.2, -0.15) is 0 Å². The summed E-state index contributed by atoms with van der Waals surface area (Å²) in [6, 6.07) is 1.25. The third-order valence-electron chi connectivity index (χ3n) is 3.73. The number of nitrogens with two attached hydrogens (primary N) is 1. The van der Waals surface area contributed by atoms with Gasteiger partial charge in [-0.15, -0.1) is 0 Å². The Hall–Kier alpha value is -0.0800. The Morgan fingerprint density at radius 2 is 2.14 bits per heavy atom. The predicted molar refractivity (Wildman–Crippen MR) is 62.2 cm³/mol. The molecular weight excluding hydrogens is 172 g/mol. The van der Waals surface area contributed by atoms with Gasteiger partial charge in [0, 0.05) is 18.6 Å². The van der Waals surface area contributed by atoms with Crippen LogP contribution in [0.25, 0.3) is 0 Å². The zero-order valence-electron chi connectivity index (χ0n) is 9.92. The van der Waals surface area contributed by atoms with Gasteiger partial charge in [-0.05, 0) is 31.1 Å². The molecule has 0 aromatic carbocycles. The van der Waals surface area contributed by atoms with E-state index in [2.05, 4.69) is 26.1 Å². The van der Waals surface area contributed by atoms with E-state index < -0.39 is 0 Å². The second-order valence-electron chi connectivity index (χ2n) is 5.01. The van der Waals surface area contributed by atoms with Crippen molar-refractivity contribution < 1.29 is 0 Å². The van der Waals surface area contributed by atoms with Crippen molar-refractivity contribution in [3.05, 3.63) is 0 Å². The molecule has 4 unspecified atom stereocenters. The van der Waals surface area contributed by atoms with Gasteiger partial charge in [0.15, 0.2) is 0 Å². The van der Waals surface area contributed by atoms with E-state index in [1.165, 1.54) is 25.7 Å². The molecule has 3 N–H and O–H groups in total. The third kappa shape index (κ3) is 3.25. The van der Waals surface area contributed by atoms with Crippen LogP contribution in [0.3, 0.4) is 0 Å². The van der Waals surface area contributed by atoms with E-state index in [9.17, 15) is 0 Å². The standard InChI is InChI=1S/C12H26N2/c1-4-10(3)12(8-13)14-11-6-5-9(2)7-11/h9-12,14H,4-8,13H2,1-3H3. The van der Waals surface area contributed by atoms with Crippen LogP contribution in [0, 0.1) is 11.8 Å². The molecule has 1 aliphatic rings. The largest absolute Gasteiger partial charge is 0.329 e. The van der Waals surface area contributed by atoms with Crippen molar-refractivity contribution in [3.8, 4) is 0 Å². The van der Waals surface area contributed by atoms with Crippen LogP contribution in [-0.2, 0) is 0 Å². The highest BCUT2D eigenvalue weighted by Gasteiger charge is 2.24. The van der Waals surface area contributed by atoms with Gasteiger partial charge in [-0.25, -0.2) is 0 Å². The molecule has 0 aromatic heterocycles. The summed E-state index contributed by atoms with van der Waals surface area (Å²) in [4.78, 5) is 0. The maximum Gasteiger partial charge on any atom is 0.0218 e. The lowest BCUT2D eigenvalue weighted by atomic mass is 9.98. The zero-order valence-corrected chi connectivity index (χ0v) is 9.92. The minimum atomic E-state index is 0.523. The monoisotopic (exact) mass is 198 g/mol. The fourth-order valence-corrected chi connectivity index (χ4v) is 2.41. The van der Waals surface area contributed by atoms with Crippen LogP contribution in [0.5, 0.6) is 0 Å². The van der Waals surface area contributed by atoms with Gasteiger partial charge in [0.25, 0.3) is 0 Å². The number of hydrogen-bond acceptors (Lipinski definition) is 2. The summed E-state index contributed by atoms with van der Waals surface area (Å²) in [6.45, 7) is 7.66. The average molecular weight is 198 g/mol. The molecule has 0 aliphatic heterocycles. The molecule has 14 heavy (non-hydrogen) atoms. The van der Waals surface area contributed by atoms with Crippen molar-refractivity contribution in [2.24, 2.45) is 17.6 Å². The first-order chi connectivity index (χ1) is 6.67. The molecule has 0 bridgehead atoms. The van der Waals surface area contributed by atoms with E-state index in [-0.39, 0.29) is 0 Å². The van der Waals surface area contributed by atoms with Crippen LogP contribution in [0.15, 0.2) is 0 Å². The molecule has 1 saturated carbocycles. The normalized spacial score (nSPS) is 31.7. The molecule has 0 amide bonds. The van der Waals surface area contributed by atoms with Crippen LogP contribution < -0.4 is 11.1 Å². The summed E-state index contributed by atoms with van der Waals surface area (Å²) in [5, 5.41) is 3.72. The van der Waals surface area contributed by atoms with E-state index in [0.29, 0.717) is 12.0 Å². The first-order valence-corrected chi connectivity index (χ1v) is 6.13. The van der Waals surface area contributed by atoms with Crippen LogP contribution >= 0.6 is 0 Å². The van der Waals surface area contributed by atoms with E-state index in [1.807, 2.05) is 0 Å². The quantitative estimate of drug-likeness (QED) is 0.710. The van der Waals surface area contributed by atoms with Gasteiger partial charge in [0.2, 0.25) is 0 Å². The zero-order chi connectivity index (χ0) is 10.6. The van der Waals surface area contributed by atoms with E-state index in [1.54, 1.807) is 0 Å². The molecule has 84 valence electrons. The fraction of sp³-hybridized carbons (Fsp3) is 1.00. The van der Waals surface area contributed by atoms with Gasteiger partial charge in [-0.3, -0.25) is 0 Å². The molecule has 0 aromatic rings. The van der Waals surface area contributed by atoms with E-state index in [0.717, 1.165) is 18.5 Å². The summed E-state index contributed by atoms with van der Waals surface area (Å²) < 4.78 is 0. The van der Waals surface area contributed by atoms with Crippen LogP contribution in [-0.4, -0.2) is 18.6 Å². The van der Waals surface area contributed by atoms with Crippen molar-refractivity contribution >= 4 is 0 Å². The van der Waals surface area contributed by atoms with Gasteiger partial charge in [-0.1, -0.05) is 27.2 Å². The van der Waals surface area contributed by atoms with E-state index in [4.69, 9.17) is 5.73 Å². The second-order valence-corrected chi connectivity index (χ2v) is 5.01. The summed E-state index contributed by atoms with van der Waals surface area (Å²) in [5.41, 5.74) is 5.80. The Labute approximate surface area is 88.6 Å². The molecule has 1 fully saturated rings. The molecule has 0 radical (unpaired) electrons. The van der Waals surface area contributed by atoms with Crippen LogP contribution in [0.4, 0.5) is 0 Å². The highest BCUT2D eigenvalue weighted by molar-refractivity contribution is 4.84. The lowest BCUT2D eigenvalue weighted by Crippen LogP contribution is -2.45. The Bertz CT molecular complexity index is 158. The molecule has 0 saturated heterocycles. The maximum absolute atomic E-state index is 5.80. The lowest BCUT2D eigenvalue weighted by Gasteiger charge is -2.26. The highest BCUT2D eigenvalue weighted by atomic mass is 15.0. The topological polar surface area (TPSA) is 38.0 Å². The third-order valence-corrected chi connectivity index (χ3v) is 3.73. The summed E-state index contributed by atoms with van der Waals surface area (Å²) in [6.07, 6.45) is 5.29. The molecule has 2 nitrogen and oxygen atoms in total. The predicted octanol–water partition coefficient (Wildman–Crippen LogP) is 2.14. The summed E-state index contributed by atoms with van der Waals surface area (Å²) in [5.74, 6) is 1.61. The molecule has 0 heterocycles. The molecule has 1 rings (SSSR count). The van der Waals surface area contributed by atoms with Crippen molar-refractivity contribution in [2.75, 3.05) is 6.54 Å². The minimum absolute atomic E-state index is 0.523. The smallest absolute Gasteiger partial charge is 0.0218 e. The SMILES string of the molecule is CCC(C)C(CN)NC1CCC(C)C1. The van der Waals surface area contributed by atoms with Gasteiger partial charge < -0.3 is 11.1 Å². The van der Waals surface area contributed by atoms with Gasteiger partial charge in [0.1, 0.15) is 0 Å². The molecule has 2 heteroatoms. The Morgan fingerprint density at radius 3 is 2.57 bits per heavy atom. The molecule has 1 aliphatic carbocycles. The highest BCUT2D eigenvalue weighted by Crippen LogP contribution is 2.25. The molecular formula is C12H26N2. The maximum atomic E-state index is 5.80.